The van der Waals surface area contributed by atoms with E-state index in [1.807, 2.05) is 0 Å². The van der Waals surface area contributed by atoms with Gasteiger partial charge in [0.1, 0.15) is 10.8 Å². The summed E-state index contributed by atoms with van der Waals surface area (Å²) in [5.74, 6) is -0.554. The predicted octanol–water partition coefficient (Wildman–Crippen LogP) is 1.60. The van der Waals surface area contributed by atoms with Crippen LogP contribution in [0.4, 0.5) is 14.9 Å². The van der Waals surface area contributed by atoms with E-state index in [2.05, 4.69) is 10.6 Å². The number of carbonyl (C=O) groups excluding carboxylic acids is 1. The van der Waals surface area contributed by atoms with Crippen LogP contribution in [0.25, 0.3) is 0 Å². The highest BCUT2D eigenvalue weighted by Gasteiger charge is 2.12. The van der Waals surface area contributed by atoms with Gasteiger partial charge in [0.15, 0.2) is 0 Å². The molecule has 0 radical (unpaired) electrons. The zero-order chi connectivity index (χ0) is 12.1. The monoisotopic (exact) mass is 241 g/mol. The molecule has 1 rings (SSSR count). The van der Waals surface area contributed by atoms with E-state index in [1.54, 1.807) is 6.92 Å². The van der Waals surface area contributed by atoms with Gasteiger partial charge in [-0.15, -0.1) is 0 Å². The molecule has 0 bridgehead atoms. The zero-order valence-corrected chi connectivity index (χ0v) is 9.53. The van der Waals surface area contributed by atoms with Crippen molar-refractivity contribution in [2.75, 3.05) is 11.9 Å². The highest BCUT2D eigenvalue weighted by Crippen LogP contribution is 2.18. The third-order valence-corrected chi connectivity index (χ3v) is 2.05. The summed E-state index contributed by atoms with van der Waals surface area (Å²) in [6.45, 7) is 2.25. The highest BCUT2D eigenvalue weighted by molar-refractivity contribution is 7.80. The number of nitrogens with one attached hydrogen (secondary N) is 2. The first kappa shape index (κ1) is 12.4. The lowest BCUT2D eigenvalue weighted by molar-refractivity contribution is 0.252. The van der Waals surface area contributed by atoms with E-state index in [1.165, 1.54) is 18.2 Å². The van der Waals surface area contributed by atoms with Crippen molar-refractivity contribution in [3.05, 3.63) is 29.6 Å². The van der Waals surface area contributed by atoms with Gasteiger partial charge in [0.05, 0.1) is 11.3 Å². The summed E-state index contributed by atoms with van der Waals surface area (Å²) in [7, 11) is 0. The molecule has 0 atom stereocenters. The maximum absolute atomic E-state index is 13.4. The van der Waals surface area contributed by atoms with Crippen molar-refractivity contribution in [3.63, 3.8) is 0 Å². The molecule has 4 nitrogen and oxygen atoms in total. The Morgan fingerprint density at radius 3 is 2.81 bits per heavy atom. The number of urea groups is 1. The standard InChI is InChI=1S/C10H12FN3OS/c1-2-13-10(15)14-7-5-3-4-6(11)8(7)9(12)16/h3-5H,2H2,1H3,(H2,12,16)(H2,13,14,15). The van der Waals surface area contributed by atoms with E-state index < -0.39 is 11.8 Å². The lowest BCUT2D eigenvalue weighted by Crippen LogP contribution is -2.29. The fraction of sp³-hybridized carbons (Fsp3) is 0.200. The average Bonchev–Trinajstić information content (AvgIpc) is 2.17. The van der Waals surface area contributed by atoms with E-state index in [0.717, 1.165) is 0 Å². The lowest BCUT2D eigenvalue weighted by Gasteiger charge is -2.10. The molecule has 0 saturated heterocycles. The van der Waals surface area contributed by atoms with Gasteiger partial charge in [0, 0.05) is 6.54 Å². The average molecular weight is 241 g/mol. The van der Waals surface area contributed by atoms with Crippen LogP contribution in [-0.2, 0) is 0 Å². The Hall–Kier alpha value is -1.69. The molecule has 0 saturated carbocycles. The molecule has 16 heavy (non-hydrogen) atoms. The van der Waals surface area contributed by atoms with Crippen molar-refractivity contribution in [1.82, 2.24) is 5.32 Å². The summed E-state index contributed by atoms with van der Waals surface area (Å²) >= 11 is 4.72. The number of benzene rings is 1. The van der Waals surface area contributed by atoms with Crippen LogP contribution in [-0.4, -0.2) is 17.6 Å². The molecule has 0 fully saturated rings. The van der Waals surface area contributed by atoms with Crippen LogP contribution in [0.2, 0.25) is 0 Å². The van der Waals surface area contributed by atoms with Crippen molar-refractivity contribution in [2.45, 2.75) is 6.92 Å². The number of rotatable bonds is 3. The number of hydrogen-bond donors (Lipinski definition) is 3. The quantitative estimate of drug-likeness (QED) is 0.704. The Morgan fingerprint density at radius 1 is 1.56 bits per heavy atom. The molecular weight excluding hydrogens is 229 g/mol. The molecule has 0 aliphatic carbocycles. The third kappa shape index (κ3) is 2.90. The minimum atomic E-state index is -0.554. The van der Waals surface area contributed by atoms with Crippen LogP contribution in [0.1, 0.15) is 12.5 Å². The summed E-state index contributed by atoms with van der Waals surface area (Å²) in [6, 6.07) is 3.81. The van der Waals surface area contributed by atoms with E-state index in [-0.39, 0.29) is 16.2 Å². The van der Waals surface area contributed by atoms with E-state index >= 15 is 0 Å². The molecule has 2 amide bonds. The van der Waals surface area contributed by atoms with Crippen molar-refractivity contribution in [3.8, 4) is 0 Å². The molecule has 0 aliphatic heterocycles. The second-order valence-electron chi connectivity index (χ2n) is 3.01. The minimum absolute atomic E-state index is 0.0451. The zero-order valence-electron chi connectivity index (χ0n) is 8.71. The van der Waals surface area contributed by atoms with Crippen LogP contribution in [0.15, 0.2) is 18.2 Å². The van der Waals surface area contributed by atoms with E-state index in [9.17, 15) is 9.18 Å². The highest BCUT2D eigenvalue weighted by atomic mass is 32.1. The number of nitrogens with two attached hydrogens (primary N) is 1. The van der Waals surface area contributed by atoms with Gasteiger partial charge in [-0.1, -0.05) is 18.3 Å². The number of anilines is 1. The van der Waals surface area contributed by atoms with Gasteiger partial charge >= 0.3 is 6.03 Å². The molecule has 4 N–H and O–H groups in total. The Labute approximate surface area is 98.0 Å². The van der Waals surface area contributed by atoms with Crippen LogP contribution in [0.5, 0.6) is 0 Å². The number of carbonyl (C=O) groups is 1. The number of thiocarbonyl (C=S) groups is 1. The molecule has 86 valence electrons. The van der Waals surface area contributed by atoms with Gasteiger partial charge in [-0.05, 0) is 19.1 Å². The summed E-state index contributed by atoms with van der Waals surface area (Å²) in [6.07, 6.45) is 0. The van der Waals surface area contributed by atoms with Gasteiger partial charge in [-0.25, -0.2) is 9.18 Å². The maximum Gasteiger partial charge on any atom is 0.319 e. The number of hydrogen-bond acceptors (Lipinski definition) is 2. The predicted molar refractivity (Wildman–Crippen MR) is 65.0 cm³/mol. The van der Waals surface area contributed by atoms with Crippen molar-refractivity contribution in [2.24, 2.45) is 5.73 Å². The van der Waals surface area contributed by atoms with Crippen molar-refractivity contribution < 1.29 is 9.18 Å². The molecule has 0 aromatic heterocycles. The van der Waals surface area contributed by atoms with Crippen LogP contribution >= 0.6 is 12.2 Å². The summed E-state index contributed by atoms with van der Waals surface area (Å²) in [5, 5.41) is 5.00. The van der Waals surface area contributed by atoms with Crippen LogP contribution in [0.3, 0.4) is 0 Å². The molecular formula is C10H12FN3OS. The summed E-state index contributed by atoms with van der Waals surface area (Å²) in [5.41, 5.74) is 5.69. The minimum Gasteiger partial charge on any atom is -0.389 e. The van der Waals surface area contributed by atoms with E-state index in [0.29, 0.717) is 6.54 Å². The summed E-state index contributed by atoms with van der Waals surface area (Å²) < 4.78 is 13.4. The molecule has 6 heteroatoms. The lowest BCUT2D eigenvalue weighted by atomic mass is 10.1. The van der Waals surface area contributed by atoms with Gasteiger partial charge in [-0.3, -0.25) is 0 Å². The van der Waals surface area contributed by atoms with Gasteiger partial charge in [-0.2, -0.15) is 0 Å². The Morgan fingerprint density at radius 2 is 2.25 bits per heavy atom. The maximum atomic E-state index is 13.4. The largest absolute Gasteiger partial charge is 0.389 e. The molecule has 1 aromatic rings. The van der Waals surface area contributed by atoms with Crippen LogP contribution in [0, 0.1) is 5.82 Å². The Balaban J connectivity index is 3.00. The smallest absolute Gasteiger partial charge is 0.319 e. The third-order valence-electron chi connectivity index (χ3n) is 1.85. The van der Waals surface area contributed by atoms with Gasteiger partial charge < -0.3 is 16.4 Å². The number of halogens is 1. The molecule has 0 aliphatic rings. The second kappa shape index (κ2) is 5.41. The molecule has 0 spiro atoms. The Bertz CT molecular complexity index is 423. The van der Waals surface area contributed by atoms with Gasteiger partial charge in [0.2, 0.25) is 0 Å². The summed E-state index contributed by atoms with van der Waals surface area (Å²) in [4.78, 5) is 11.2. The van der Waals surface area contributed by atoms with Gasteiger partial charge in [0.25, 0.3) is 0 Å². The first-order chi connectivity index (χ1) is 7.56. The van der Waals surface area contributed by atoms with Crippen molar-refractivity contribution in [1.29, 1.82) is 0 Å². The van der Waals surface area contributed by atoms with Crippen LogP contribution < -0.4 is 16.4 Å². The fourth-order valence-corrected chi connectivity index (χ4v) is 1.41. The molecule has 0 heterocycles. The Kier molecular flexibility index (Phi) is 4.19. The fourth-order valence-electron chi connectivity index (χ4n) is 1.21. The van der Waals surface area contributed by atoms with Crippen molar-refractivity contribution >= 4 is 28.9 Å². The first-order valence-corrected chi connectivity index (χ1v) is 5.10. The first-order valence-electron chi connectivity index (χ1n) is 4.69. The van der Waals surface area contributed by atoms with E-state index in [4.69, 9.17) is 18.0 Å². The molecule has 1 aromatic carbocycles. The number of amides is 2. The SMILES string of the molecule is CCNC(=O)Nc1cccc(F)c1C(N)=S. The molecule has 0 unspecified atom stereocenters. The normalized spacial score (nSPS) is 9.62. The topological polar surface area (TPSA) is 67.2 Å². The second-order valence-corrected chi connectivity index (χ2v) is 3.45.